The lowest BCUT2D eigenvalue weighted by Crippen LogP contribution is -2.18. The van der Waals surface area contributed by atoms with Crippen molar-refractivity contribution in [2.75, 3.05) is 0 Å². The van der Waals surface area contributed by atoms with Crippen LogP contribution >= 0.6 is 0 Å². The number of fused-ring (bicyclic) bond motifs is 1. The van der Waals surface area contributed by atoms with Gasteiger partial charge >= 0.3 is 5.97 Å². The van der Waals surface area contributed by atoms with E-state index < -0.39 is 5.97 Å². The SMILES string of the molecule is Cc1ccc(Cn2c(C(=O)O)cc3c2C(=O)CCC3)cc1. The lowest BCUT2D eigenvalue weighted by Gasteiger charge is -2.15. The molecule has 0 fully saturated rings. The second-order valence-electron chi connectivity index (χ2n) is 5.56. The molecule has 1 aliphatic carbocycles. The summed E-state index contributed by atoms with van der Waals surface area (Å²) in [6.07, 6.45) is 2.09. The monoisotopic (exact) mass is 283 g/mol. The fraction of sp³-hybridized carbons (Fsp3) is 0.294. The van der Waals surface area contributed by atoms with Gasteiger partial charge in [0.15, 0.2) is 5.78 Å². The summed E-state index contributed by atoms with van der Waals surface area (Å²) in [7, 11) is 0. The maximum Gasteiger partial charge on any atom is 0.352 e. The van der Waals surface area contributed by atoms with Crippen molar-refractivity contribution in [3.63, 3.8) is 0 Å². The van der Waals surface area contributed by atoms with Gasteiger partial charge in [0.1, 0.15) is 5.69 Å². The molecule has 1 aromatic carbocycles. The Morgan fingerprint density at radius 1 is 1.24 bits per heavy atom. The van der Waals surface area contributed by atoms with E-state index in [1.165, 1.54) is 0 Å². The van der Waals surface area contributed by atoms with Crippen molar-refractivity contribution >= 4 is 11.8 Å². The third-order valence-corrected chi connectivity index (χ3v) is 3.97. The van der Waals surface area contributed by atoms with Gasteiger partial charge in [0, 0.05) is 13.0 Å². The molecule has 1 aliphatic rings. The molecule has 1 heterocycles. The van der Waals surface area contributed by atoms with E-state index in [4.69, 9.17) is 0 Å². The van der Waals surface area contributed by atoms with Gasteiger partial charge in [0.25, 0.3) is 0 Å². The van der Waals surface area contributed by atoms with Crippen LogP contribution in [0.3, 0.4) is 0 Å². The summed E-state index contributed by atoms with van der Waals surface area (Å²) in [5.74, 6) is -0.930. The zero-order valence-corrected chi connectivity index (χ0v) is 11.9. The number of carboxylic acids is 1. The molecule has 4 heteroatoms. The predicted molar refractivity (Wildman–Crippen MR) is 78.9 cm³/mol. The Labute approximate surface area is 123 Å². The van der Waals surface area contributed by atoms with E-state index in [-0.39, 0.29) is 11.5 Å². The van der Waals surface area contributed by atoms with Crippen LogP contribution in [0.2, 0.25) is 0 Å². The summed E-state index contributed by atoms with van der Waals surface area (Å²) in [5.41, 5.74) is 3.81. The van der Waals surface area contributed by atoms with Crippen molar-refractivity contribution < 1.29 is 14.7 Å². The van der Waals surface area contributed by atoms with E-state index in [1.54, 1.807) is 10.6 Å². The molecule has 108 valence electrons. The van der Waals surface area contributed by atoms with Crippen LogP contribution in [-0.2, 0) is 13.0 Å². The number of carbonyl (C=O) groups excluding carboxylic acids is 1. The normalized spacial score (nSPS) is 14.0. The highest BCUT2D eigenvalue weighted by atomic mass is 16.4. The third-order valence-electron chi connectivity index (χ3n) is 3.97. The van der Waals surface area contributed by atoms with Gasteiger partial charge in [-0.1, -0.05) is 29.8 Å². The van der Waals surface area contributed by atoms with Crippen molar-refractivity contribution in [2.45, 2.75) is 32.7 Å². The van der Waals surface area contributed by atoms with Crippen molar-refractivity contribution in [1.82, 2.24) is 4.57 Å². The summed E-state index contributed by atoms with van der Waals surface area (Å²) in [5, 5.41) is 9.39. The quantitative estimate of drug-likeness (QED) is 0.941. The van der Waals surface area contributed by atoms with E-state index >= 15 is 0 Å². The van der Waals surface area contributed by atoms with Gasteiger partial charge in [-0.2, -0.15) is 0 Å². The van der Waals surface area contributed by atoms with Gasteiger partial charge in [-0.15, -0.1) is 0 Å². The van der Waals surface area contributed by atoms with E-state index in [0.717, 1.165) is 29.5 Å². The number of rotatable bonds is 3. The van der Waals surface area contributed by atoms with Crippen molar-refractivity contribution in [3.8, 4) is 0 Å². The van der Waals surface area contributed by atoms with Crippen LogP contribution in [0.15, 0.2) is 30.3 Å². The first-order valence-electron chi connectivity index (χ1n) is 7.10. The number of aromatic nitrogens is 1. The molecule has 0 amide bonds. The molecule has 3 rings (SSSR count). The summed E-state index contributed by atoms with van der Waals surface area (Å²) < 4.78 is 1.66. The van der Waals surface area contributed by atoms with E-state index in [2.05, 4.69) is 0 Å². The number of aromatic carboxylic acids is 1. The molecule has 0 spiro atoms. The van der Waals surface area contributed by atoms with Crippen LogP contribution in [0.25, 0.3) is 0 Å². The molecule has 0 atom stereocenters. The van der Waals surface area contributed by atoms with Gasteiger partial charge in [0.2, 0.25) is 0 Å². The predicted octanol–water partition coefficient (Wildman–Crippen LogP) is 3.06. The molecule has 0 radical (unpaired) electrons. The number of hydrogen-bond acceptors (Lipinski definition) is 2. The van der Waals surface area contributed by atoms with Gasteiger partial charge < -0.3 is 9.67 Å². The fourth-order valence-electron chi connectivity index (χ4n) is 2.90. The minimum absolute atomic E-state index is 0.0517. The van der Waals surface area contributed by atoms with Crippen LogP contribution in [-0.4, -0.2) is 21.4 Å². The Balaban J connectivity index is 2.07. The largest absolute Gasteiger partial charge is 0.477 e. The molecule has 1 aromatic heterocycles. The molecule has 0 saturated heterocycles. The van der Waals surface area contributed by atoms with Crippen molar-refractivity contribution in [2.24, 2.45) is 0 Å². The van der Waals surface area contributed by atoms with Crippen LogP contribution in [0.5, 0.6) is 0 Å². The third kappa shape index (κ3) is 2.49. The Kier molecular flexibility index (Phi) is 3.37. The molecule has 2 aromatic rings. The lowest BCUT2D eigenvalue weighted by molar-refractivity contribution is 0.0685. The maximum atomic E-state index is 12.2. The second kappa shape index (κ2) is 5.20. The van der Waals surface area contributed by atoms with Crippen molar-refractivity contribution in [3.05, 3.63) is 58.4 Å². The Morgan fingerprint density at radius 3 is 2.62 bits per heavy atom. The summed E-state index contributed by atoms with van der Waals surface area (Å²) >= 11 is 0. The minimum atomic E-state index is -0.982. The van der Waals surface area contributed by atoms with Crippen molar-refractivity contribution in [1.29, 1.82) is 0 Å². The molecule has 0 saturated carbocycles. The van der Waals surface area contributed by atoms with Crippen LogP contribution in [0.1, 0.15) is 50.5 Å². The molecule has 21 heavy (non-hydrogen) atoms. The zero-order chi connectivity index (χ0) is 15.0. The number of aryl methyl sites for hydroxylation is 2. The molecule has 0 aliphatic heterocycles. The molecule has 1 N–H and O–H groups in total. The highest BCUT2D eigenvalue weighted by molar-refractivity contribution is 5.99. The first-order chi connectivity index (χ1) is 10.1. The fourth-order valence-corrected chi connectivity index (χ4v) is 2.90. The smallest absolute Gasteiger partial charge is 0.352 e. The number of hydrogen-bond donors (Lipinski definition) is 1. The number of Topliss-reactive ketones (excluding diaryl/α,β-unsaturated/α-hetero) is 1. The summed E-state index contributed by atoms with van der Waals surface area (Å²) in [6.45, 7) is 2.43. The average molecular weight is 283 g/mol. The Bertz CT molecular complexity index is 710. The number of carbonyl (C=O) groups is 2. The molecular weight excluding hydrogens is 266 g/mol. The maximum absolute atomic E-state index is 12.2. The minimum Gasteiger partial charge on any atom is -0.477 e. The summed E-state index contributed by atoms with van der Waals surface area (Å²) in [6, 6.07) is 9.59. The van der Waals surface area contributed by atoms with Gasteiger partial charge in [0.05, 0.1) is 5.69 Å². The molecular formula is C17H17NO3. The zero-order valence-electron chi connectivity index (χ0n) is 11.9. The standard InChI is InChI=1S/C17H17NO3/c1-11-5-7-12(8-6-11)10-18-14(17(20)21)9-13-3-2-4-15(19)16(13)18/h5-9H,2-4,10H2,1H3,(H,20,21). The van der Waals surface area contributed by atoms with Crippen LogP contribution < -0.4 is 0 Å². The Morgan fingerprint density at radius 2 is 1.95 bits per heavy atom. The first kappa shape index (κ1) is 13.6. The van der Waals surface area contributed by atoms with E-state index in [1.807, 2.05) is 31.2 Å². The lowest BCUT2D eigenvalue weighted by atomic mass is 9.97. The number of nitrogens with zero attached hydrogens (tertiary/aromatic N) is 1. The number of carboxylic acid groups (broad SMARTS) is 1. The molecule has 4 nitrogen and oxygen atoms in total. The van der Waals surface area contributed by atoms with E-state index in [0.29, 0.717) is 18.7 Å². The van der Waals surface area contributed by atoms with Crippen LogP contribution in [0, 0.1) is 6.92 Å². The average Bonchev–Trinajstić information content (AvgIpc) is 2.82. The second-order valence-corrected chi connectivity index (χ2v) is 5.56. The van der Waals surface area contributed by atoms with Gasteiger partial charge in [-0.3, -0.25) is 4.79 Å². The molecule has 0 bridgehead atoms. The van der Waals surface area contributed by atoms with Gasteiger partial charge in [-0.25, -0.2) is 4.79 Å². The first-order valence-corrected chi connectivity index (χ1v) is 7.10. The van der Waals surface area contributed by atoms with E-state index in [9.17, 15) is 14.7 Å². The van der Waals surface area contributed by atoms with Gasteiger partial charge in [-0.05, 0) is 37.0 Å². The molecule has 0 unspecified atom stereocenters. The summed E-state index contributed by atoms with van der Waals surface area (Å²) in [4.78, 5) is 23.6. The highest BCUT2D eigenvalue weighted by Crippen LogP contribution is 2.26. The topological polar surface area (TPSA) is 59.3 Å². The number of ketones is 1. The van der Waals surface area contributed by atoms with Crippen LogP contribution in [0.4, 0.5) is 0 Å². The highest BCUT2D eigenvalue weighted by Gasteiger charge is 2.26. The Hall–Kier alpha value is -2.36. The number of benzene rings is 1.